The third-order valence-electron chi connectivity index (χ3n) is 2.87. The van der Waals surface area contributed by atoms with Gasteiger partial charge >= 0.3 is 0 Å². The van der Waals surface area contributed by atoms with E-state index < -0.39 is 11.8 Å². The molecule has 3 N–H and O–H groups in total. The lowest BCUT2D eigenvalue weighted by Gasteiger charge is -2.10. The van der Waals surface area contributed by atoms with Crippen molar-refractivity contribution in [1.82, 2.24) is 10.9 Å². The predicted molar refractivity (Wildman–Crippen MR) is 85.4 cm³/mol. The Hall–Kier alpha value is -2.73. The zero-order valence-electron chi connectivity index (χ0n) is 12.3. The summed E-state index contributed by atoms with van der Waals surface area (Å²) in [5.74, 6) is -0.749. The number of carbonyl (C=O) groups excluding carboxylic acids is 2. The minimum Gasteiger partial charge on any atom is -0.508 e. The Morgan fingerprint density at radius 2 is 1.96 bits per heavy atom. The monoisotopic (exact) mass is 334 g/mol. The van der Waals surface area contributed by atoms with E-state index in [2.05, 4.69) is 10.9 Å². The van der Waals surface area contributed by atoms with E-state index in [-0.39, 0.29) is 17.9 Å². The highest BCUT2D eigenvalue weighted by atomic mass is 35.5. The number of hydrogen-bond acceptors (Lipinski definition) is 4. The van der Waals surface area contributed by atoms with Crippen molar-refractivity contribution < 1.29 is 19.4 Å². The summed E-state index contributed by atoms with van der Waals surface area (Å²) >= 11 is 5.95. The molecule has 2 rings (SSSR count). The Morgan fingerprint density at radius 3 is 2.70 bits per heavy atom. The zero-order chi connectivity index (χ0) is 16.8. The highest BCUT2D eigenvalue weighted by molar-refractivity contribution is 6.32. The molecule has 0 saturated carbocycles. The number of halogens is 1. The number of phenols is 1. The first-order chi connectivity index (χ1) is 11.0. The number of aromatic hydroxyl groups is 1. The van der Waals surface area contributed by atoms with E-state index in [4.69, 9.17) is 16.3 Å². The second-order valence-electron chi connectivity index (χ2n) is 4.78. The number of carbonyl (C=O) groups is 2. The molecule has 0 unspecified atom stereocenters. The molecular weight excluding hydrogens is 320 g/mol. The van der Waals surface area contributed by atoms with Gasteiger partial charge in [-0.15, -0.1) is 0 Å². The minimum atomic E-state index is -0.553. The Morgan fingerprint density at radius 1 is 1.17 bits per heavy atom. The summed E-state index contributed by atoms with van der Waals surface area (Å²) in [4.78, 5) is 23.4. The first-order valence-electron chi connectivity index (χ1n) is 6.73. The van der Waals surface area contributed by atoms with E-state index >= 15 is 0 Å². The van der Waals surface area contributed by atoms with Crippen LogP contribution in [0.15, 0.2) is 42.5 Å². The molecule has 0 spiro atoms. The van der Waals surface area contributed by atoms with Gasteiger partial charge in [0.25, 0.3) is 11.8 Å². The van der Waals surface area contributed by atoms with E-state index in [1.165, 1.54) is 24.3 Å². The number of amides is 2. The molecule has 2 amide bonds. The van der Waals surface area contributed by atoms with E-state index in [0.29, 0.717) is 10.8 Å². The molecule has 6 nitrogen and oxygen atoms in total. The molecule has 2 aromatic carbocycles. The Balaban J connectivity index is 1.83. The number of phenolic OH excluding ortho intramolecular Hbond substituents is 1. The Labute approximate surface area is 138 Å². The second-order valence-corrected chi connectivity index (χ2v) is 5.18. The van der Waals surface area contributed by atoms with Crippen LogP contribution in [0.25, 0.3) is 0 Å². The van der Waals surface area contributed by atoms with Crippen molar-refractivity contribution in [3.05, 3.63) is 58.6 Å². The van der Waals surface area contributed by atoms with Crippen LogP contribution >= 0.6 is 11.6 Å². The first kappa shape index (κ1) is 16.6. The Kier molecular flexibility index (Phi) is 5.43. The average molecular weight is 335 g/mol. The van der Waals surface area contributed by atoms with Crippen LogP contribution in [0.3, 0.4) is 0 Å². The molecular formula is C16H15ClN2O4. The summed E-state index contributed by atoms with van der Waals surface area (Å²) in [7, 11) is 0. The fourth-order valence-corrected chi connectivity index (χ4v) is 1.92. The number of hydrogen-bond donors (Lipinski definition) is 3. The van der Waals surface area contributed by atoms with Crippen LogP contribution in [0, 0.1) is 6.92 Å². The summed E-state index contributed by atoms with van der Waals surface area (Å²) in [6.45, 7) is 1.57. The molecule has 0 aliphatic heterocycles. The largest absolute Gasteiger partial charge is 0.508 e. The number of benzene rings is 2. The van der Waals surface area contributed by atoms with Gasteiger partial charge in [0.05, 0.1) is 5.02 Å². The Bertz CT molecular complexity index is 734. The average Bonchev–Trinajstić information content (AvgIpc) is 2.53. The molecule has 0 aliphatic carbocycles. The predicted octanol–water partition coefficient (Wildman–Crippen LogP) is 2.19. The number of rotatable bonds is 4. The minimum absolute atomic E-state index is 0.0404. The van der Waals surface area contributed by atoms with Crippen LogP contribution in [0.2, 0.25) is 5.02 Å². The highest BCUT2D eigenvalue weighted by Gasteiger charge is 2.09. The smallest absolute Gasteiger partial charge is 0.276 e. The third kappa shape index (κ3) is 4.89. The molecule has 0 heterocycles. The van der Waals surface area contributed by atoms with Gasteiger partial charge in [-0.1, -0.05) is 23.7 Å². The summed E-state index contributed by atoms with van der Waals surface area (Å²) in [6, 6.07) is 11.0. The maximum absolute atomic E-state index is 11.8. The lowest BCUT2D eigenvalue weighted by molar-refractivity contribution is -0.123. The molecule has 0 saturated heterocycles. The van der Waals surface area contributed by atoms with Crippen LogP contribution < -0.4 is 15.6 Å². The van der Waals surface area contributed by atoms with Crippen molar-refractivity contribution in [2.24, 2.45) is 0 Å². The molecule has 23 heavy (non-hydrogen) atoms. The zero-order valence-corrected chi connectivity index (χ0v) is 13.1. The van der Waals surface area contributed by atoms with Gasteiger partial charge in [-0.25, -0.2) is 0 Å². The highest BCUT2D eigenvalue weighted by Crippen LogP contribution is 2.24. The SMILES string of the molecule is Cc1ccc(Cl)c(OCC(=O)NNC(=O)c2cccc(O)c2)c1. The van der Waals surface area contributed by atoms with E-state index in [1.54, 1.807) is 12.1 Å². The van der Waals surface area contributed by atoms with Crippen LogP contribution in [0.1, 0.15) is 15.9 Å². The summed E-state index contributed by atoms with van der Waals surface area (Å²) < 4.78 is 5.30. The van der Waals surface area contributed by atoms with E-state index in [0.717, 1.165) is 5.56 Å². The van der Waals surface area contributed by atoms with Gasteiger partial charge in [0.2, 0.25) is 0 Å². The number of nitrogens with one attached hydrogen (secondary N) is 2. The van der Waals surface area contributed by atoms with Gasteiger partial charge in [0.15, 0.2) is 6.61 Å². The maximum Gasteiger partial charge on any atom is 0.276 e. The van der Waals surface area contributed by atoms with Crippen molar-refractivity contribution in [3.8, 4) is 11.5 Å². The molecule has 0 radical (unpaired) electrons. The number of hydrazine groups is 1. The van der Waals surface area contributed by atoms with Crippen molar-refractivity contribution in [2.45, 2.75) is 6.92 Å². The fraction of sp³-hybridized carbons (Fsp3) is 0.125. The molecule has 0 aromatic heterocycles. The molecule has 0 bridgehead atoms. The van der Waals surface area contributed by atoms with Crippen LogP contribution in [-0.2, 0) is 4.79 Å². The van der Waals surface area contributed by atoms with Gasteiger partial charge in [-0.2, -0.15) is 0 Å². The van der Waals surface area contributed by atoms with E-state index in [9.17, 15) is 14.7 Å². The normalized spacial score (nSPS) is 10.0. The third-order valence-corrected chi connectivity index (χ3v) is 3.18. The standard InChI is InChI=1S/C16H15ClN2O4/c1-10-5-6-13(17)14(7-10)23-9-15(21)18-19-16(22)11-3-2-4-12(20)8-11/h2-8,20H,9H2,1H3,(H,18,21)(H,19,22). The molecule has 0 aliphatic rings. The summed E-state index contributed by atoms with van der Waals surface area (Å²) in [5, 5.41) is 9.69. The molecule has 7 heteroatoms. The lowest BCUT2D eigenvalue weighted by atomic mass is 10.2. The van der Waals surface area contributed by atoms with Crippen molar-refractivity contribution in [2.75, 3.05) is 6.61 Å². The maximum atomic E-state index is 11.8. The lowest BCUT2D eigenvalue weighted by Crippen LogP contribution is -2.43. The molecule has 0 fully saturated rings. The molecule has 120 valence electrons. The summed E-state index contributed by atoms with van der Waals surface area (Å²) in [6.07, 6.45) is 0. The van der Waals surface area contributed by atoms with Gasteiger partial charge in [0.1, 0.15) is 11.5 Å². The topological polar surface area (TPSA) is 87.7 Å². The quantitative estimate of drug-likeness (QED) is 0.748. The second kappa shape index (κ2) is 7.51. The van der Waals surface area contributed by atoms with Crippen LogP contribution in [0.5, 0.6) is 11.5 Å². The first-order valence-corrected chi connectivity index (χ1v) is 7.10. The van der Waals surface area contributed by atoms with Gasteiger partial charge in [-0.3, -0.25) is 20.4 Å². The van der Waals surface area contributed by atoms with E-state index in [1.807, 2.05) is 13.0 Å². The van der Waals surface area contributed by atoms with Crippen molar-refractivity contribution >= 4 is 23.4 Å². The van der Waals surface area contributed by atoms with Gasteiger partial charge in [-0.05, 0) is 42.8 Å². The van der Waals surface area contributed by atoms with Gasteiger partial charge in [0, 0.05) is 5.56 Å². The summed E-state index contributed by atoms with van der Waals surface area (Å²) in [5.41, 5.74) is 5.60. The number of ether oxygens (including phenoxy) is 1. The van der Waals surface area contributed by atoms with Gasteiger partial charge < -0.3 is 9.84 Å². The number of aryl methyl sites for hydroxylation is 1. The molecule has 0 atom stereocenters. The fourth-order valence-electron chi connectivity index (χ4n) is 1.75. The molecule has 2 aromatic rings. The van der Waals surface area contributed by atoms with Crippen LogP contribution in [-0.4, -0.2) is 23.5 Å². The van der Waals surface area contributed by atoms with Crippen molar-refractivity contribution in [3.63, 3.8) is 0 Å². The van der Waals surface area contributed by atoms with Crippen molar-refractivity contribution in [1.29, 1.82) is 0 Å². The van der Waals surface area contributed by atoms with Crippen LogP contribution in [0.4, 0.5) is 0 Å².